The maximum Gasteiger partial charge on any atom is 0.302 e. The number of hydrogen-bond donors (Lipinski definition) is 2. The van der Waals surface area contributed by atoms with Crippen LogP contribution in [0.25, 0.3) is 0 Å². The molecule has 0 saturated carbocycles. The monoisotopic (exact) mass is 507 g/mol. The molecule has 0 aliphatic rings. The number of aromatic hydroxyl groups is 1. The fourth-order valence-electron chi connectivity index (χ4n) is 4.39. The van der Waals surface area contributed by atoms with E-state index in [0.717, 1.165) is 24.8 Å². The first kappa shape index (κ1) is 27.8. The maximum atomic E-state index is 12.8. The molecule has 1 aromatic heterocycles. The summed E-state index contributed by atoms with van der Waals surface area (Å²) in [5, 5.41) is 9.65. The van der Waals surface area contributed by atoms with Crippen molar-refractivity contribution >= 4 is 11.8 Å². The van der Waals surface area contributed by atoms with E-state index in [9.17, 15) is 14.7 Å². The number of Topliss-reactive ketones (excluding diaryl/α,β-unsaturated/α-hetero) is 1. The molecule has 3 aromatic rings. The third-order valence-corrected chi connectivity index (χ3v) is 6.41. The lowest BCUT2D eigenvalue weighted by molar-refractivity contribution is -0.148. The number of esters is 1. The molecule has 0 amide bonds. The number of hydrogen-bond acceptors (Lipinski definition) is 6. The van der Waals surface area contributed by atoms with Crippen LogP contribution >= 0.6 is 0 Å². The zero-order valence-corrected chi connectivity index (χ0v) is 21.9. The topological polar surface area (TPSA) is 97.8 Å². The Balaban J connectivity index is 1.53. The van der Waals surface area contributed by atoms with E-state index >= 15 is 0 Å². The van der Waals surface area contributed by atoms with E-state index < -0.39 is 6.10 Å². The highest BCUT2D eigenvalue weighted by atomic mass is 16.5. The van der Waals surface area contributed by atoms with E-state index in [1.807, 2.05) is 24.5 Å². The number of rotatable bonds is 15. The molecule has 2 aromatic carbocycles. The summed E-state index contributed by atoms with van der Waals surface area (Å²) < 4.78 is 16.8. The van der Waals surface area contributed by atoms with Gasteiger partial charge in [-0.05, 0) is 73.1 Å². The minimum absolute atomic E-state index is 0.0592. The van der Waals surface area contributed by atoms with Crippen molar-refractivity contribution in [1.29, 1.82) is 0 Å². The second-order valence-electron chi connectivity index (χ2n) is 9.33. The molecule has 1 heterocycles. The van der Waals surface area contributed by atoms with Crippen molar-refractivity contribution in [2.45, 2.75) is 64.9 Å². The van der Waals surface area contributed by atoms with Gasteiger partial charge in [-0.2, -0.15) is 0 Å². The summed E-state index contributed by atoms with van der Waals surface area (Å²) in [5.41, 5.74) is 2.20. The molecule has 198 valence electrons. The van der Waals surface area contributed by atoms with Crippen LogP contribution in [0.15, 0.2) is 60.9 Å². The van der Waals surface area contributed by atoms with Crippen molar-refractivity contribution in [3.05, 3.63) is 72.1 Å². The average molecular weight is 508 g/mol. The van der Waals surface area contributed by atoms with Gasteiger partial charge in [0.25, 0.3) is 0 Å². The molecular weight excluding hydrogens is 470 g/mol. The van der Waals surface area contributed by atoms with Crippen LogP contribution in [0.3, 0.4) is 0 Å². The number of aromatic amines is 1. The Kier molecular flexibility index (Phi) is 10.6. The molecule has 0 unspecified atom stereocenters. The average Bonchev–Trinajstić information content (AvgIpc) is 3.38. The van der Waals surface area contributed by atoms with Crippen LogP contribution in [-0.2, 0) is 27.2 Å². The summed E-state index contributed by atoms with van der Waals surface area (Å²) in [6.07, 6.45) is 8.19. The number of benzene rings is 2. The molecule has 0 fully saturated rings. The van der Waals surface area contributed by atoms with Crippen LogP contribution in [-0.4, -0.2) is 35.1 Å². The van der Waals surface area contributed by atoms with E-state index in [1.54, 1.807) is 31.4 Å². The van der Waals surface area contributed by atoms with Crippen molar-refractivity contribution in [2.24, 2.45) is 5.92 Å². The Morgan fingerprint density at radius 3 is 2.54 bits per heavy atom. The van der Waals surface area contributed by atoms with Gasteiger partial charge < -0.3 is 24.3 Å². The number of phenols is 1. The Morgan fingerprint density at radius 2 is 1.86 bits per heavy atom. The number of nitrogens with one attached hydrogen (secondary N) is 1. The van der Waals surface area contributed by atoms with Crippen LogP contribution < -0.4 is 9.47 Å². The van der Waals surface area contributed by atoms with Gasteiger partial charge in [-0.1, -0.05) is 25.5 Å². The SMILES string of the molecule is CC[C@H](CC[C@H](CC(=O)CCc1ccc(Oc2cccc(O)c2)c(OC)c1)OC(C)=O)Cc1cc[nH]c1. The summed E-state index contributed by atoms with van der Waals surface area (Å²) in [4.78, 5) is 27.5. The van der Waals surface area contributed by atoms with Crippen LogP contribution in [0.2, 0.25) is 0 Å². The van der Waals surface area contributed by atoms with Crippen LogP contribution in [0.5, 0.6) is 23.0 Å². The first-order valence-corrected chi connectivity index (χ1v) is 12.8. The van der Waals surface area contributed by atoms with Gasteiger partial charge in [0.1, 0.15) is 23.4 Å². The lowest BCUT2D eigenvalue weighted by Crippen LogP contribution is -2.22. The van der Waals surface area contributed by atoms with Gasteiger partial charge in [0, 0.05) is 38.2 Å². The van der Waals surface area contributed by atoms with Crippen LogP contribution in [0, 0.1) is 5.92 Å². The number of H-pyrrole nitrogens is 1. The number of aryl methyl sites for hydroxylation is 1. The van der Waals surface area contributed by atoms with Crippen molar-refractivity contribution < 1.29 is 28.9 Å². The fourth-order valence-corrected chi connectivity index (χ4v) is 4.39. The van der Waals surface area contributed by atoms with Crippen molar-refractivity contribution in [3.63, 3.8) is 0 Å². The first-order valence-electron chi connectivity index (χ1n) is 12.8. The van der Waals surface area contributed by atoms with Crippen LogP contribution in [0.4, 0.5) is 0 Å². The van der Waals surface area contributed by atoms with E-state index in [2.05, 4.69) is 18.0 Å². The summed E-state index contributed by atoms with van der Waals surface area (Å²) >= 11 is 0. The Labute approximate surface area is 218 Å². The van der Waals surface area contributed by atoms with Gasteiger partial charge in [-0.25, -0.2) is 0 Å². The standard InChI is InChI=1S/C30H37NO6/c1-4-22(16-24-14-15-31-20-24)9-12-28(36-21(2)32)19-26(34)11-8-23-10-13-29(30(17-23)35-3)37-27-7-5-6-25(33)18-27/h5-7,10,13-15,17-18,20,22,28,31,33H,4,8-9,11-12,16,19H2,1-3H3/t22-,28-/m1/s1. The van der Waals surface area contributed by atoms with Crippen LogP contribution in [0.1, 0.15) is 57.1 Å². The number of phenolic OH excluding ortho intramolecular Hbond substituents is 1. The Bertz CT molecular complexity index is 1140. The van der Waals surface area contributed by atoms with E-state index in [4.69, 9.17) is 14.2 Å². The van der Waals surface area contributed by atoms with Gasteiger partial charge in [0.2, 0.25) is 0 Å². The third-order valence-electron chi connectivity index (χ3n) is 6.41. The molecule has 37 heavy (non-hydrogen) atoms. The molecule has 0 bridgehead atoms. The lowest BCUT2D eigenvalue weighted by Gasteiger charge is -2.20. The summed E-state index contributed by atoms with van der Waals surface area (Å²) in [5.74, 6) is 1.84. The van der Waals surface area contributed by atoms with Gasteiger partial charge in [0.05, 0.1) is 7.11 Å². The molecule has 0 aliphatic heterocycles. The highest BCUT2D eigenvalue weighted by Crippen LogP contribution is 2.33. The van der Waals surface area contributed by atoms with Crippen molar-refractivity contribution in [2.75, 3.05) is 7.11 Å². The normalized spacial score (nSPS) is 12.5. The maximum absolute atomic E-state index is 12.8. The van der Waals surface area contributed by atoms with Gasteiger partial charge in [-0.3, -0.25) is 9.59 Å². The number of ketones is 1. The fraction of sp³-hybridized carbons (Fsp3) is 0.400. The minimum atomic E-state index is -0.405. The van der Waals surface area contributed by atoms with Crippen molar-refractivity contribution in [3.8, 4) is 23.0 Å². The van der Waals surface area contributed by atoms with Gasteiger partial charge in [-0.15, -0.1) is 0 Å². The molecule has 0 saturated heterocycles. The molecule has 3 rings (SSSR count). The van der Waals surface area contributed by atoms with Crippen molar-refractivity contribution in [1.82, 2.24) is 4.98 Å². The predicted octanol–water partition coefficient (Wildman–Crippen LogP) is 6.39. The summed E-state index contributed by atoms with van der Waals surface area (Å²) in [7, 11) is 1.56. The lowest BCUT2D eigenvalue weighted by atomic mass is 9.91. The number of methoxy groups -OCH3 is 1. The largest absolute Gasteiger partial charge is 0.508 e. The Morgan fingerprint density at radius 1 is 1.03 bits per heavy atom. The van der Waals surface area contributed by atoms with E-state index in [0.29, 0.717) is 42.4 Å². The first-order chi connectivity index (χ1) is 17.9. The summed E-state index contributed by atoms with van der Waals surface area (Å²) in [6.45, 7) is 3.55. The zero-order valence-electron chi connectivity index (χ0n) is 21.9. The third kappa shape index (κ3) is 9.33. The molecule has 2 atom stereocenters. The van der Waals surface area contributed by atoms with E-state index in [-0.39, 0.29) is 23.9 Å². The minimum Gasteiger partial charge on any atom is -0.508 e. The van der Waals surface area contributed by atoms with E-state index in [1.165, 1.54) is 18.6 Å². The number of aromatic nitrogens is 1. The van der Waals surface area contributed by atoms with Gasteiger partial charge >= 0.3 is 5.97 Å². The highest BCUT2D eigenvalue weighted by Gasteiger charge is 2.19. The predicted molar refractivity (Wildman–Crippen MR) is 142 cm³/mol. The molecule has 0 radical (unpaired) electrons. The second kappa shape index (κ2) is 14.1. The molecule has 7 heteroatoms. The molecule has 2 N–H and O–H groups in total. The number of carbonyl (C=O) groups is 2. The second-order valence-corrected chi connectivity index (χ2v) is 9.33. The smallest absolute Gasteiger partial charge is 0.302 e. The highest BCUT2D eigenvalue weighted by molar-refractivity contribution is 5.79. The Hall–Kier alpha value is -3.74. The molecular formula is C30H37NO6. The molecule has 0 spiro atoms. The summed E-state index contributed by atoms with van der Waals surface area (Å²) in [6, 6.07) is 14.2. The molecule has 0 aliphatic carbocycles. The quantitative estimate of drug-likeness (QED) is 0.231. The zero-order chi connectivity index (χ0) is 26.6. The number of ether oxygens (including phenoxy) is 3. The number of carbonyl (C=O) groups excluding carboxylic acids is 2. The molecule has 7 nitrogen and oxygen atoms in total. The van der Waals surface area contributed by atoms with Gasteiger partial charge in [0.15, 0.2) is 11.5 Å².